The van der Waals surface area contributed by atoms with Crippen molar-refractivity contribution in [2.45, 2.75) is 31.6 Å². The number of hydrogen-bond acceptors (Lipinski definition) is 5. The lowest BCUT2D eigenvalue weighted by Crippen LogP contribution is -2.44. The van der Waals surface area contributed by atoms with Crippen molar-refractivity contribution in [3.8, 4) is 0 Å². The monoisotopic (exact) mass is 468 g/mol. The smallest absolute Gasteiger partial charge is 0.233 e. The van der Waals surface area contributed by atoms with Crippen molar-refractivity contribution < 1.29 is 23.2 Å². The molecule has 1 heterocycles. The van der Waals surface area contributed by atoms with Crippen molar-refractivity contribution >= 4 is 27.2 Å². The number of nitrogens with zero attached hydrogens (tertiary/aromatic N) is 2. The topological polar surface area (TPSA) is 87.2 Å². The standard InChI is InChI=1S/C25H28N2O5S/c28-19-27(29)25(22-7-2-1-3-8-22)18-33(30,31)26-14-12-24(13-15-26)32-17-20-10-11-21-6-4-5-9-23(21)16-20/h1-11,16,19,24-25,29H,12-15,17-18H2. The minimum atomic E-state index is -3.68. The molecule has 0 spiro atoms. The number of fused-ring (bicyclic) bond motifs is 1. The summed E-state index contributed by atoms with van der Waals surface area (Å²) in [6.07, 6.45) is 1.41. The van der Waals surface area contributed by atoms with Gasteiger partial charge in [0, 0.05) is 13.1 Å². The van der Waals surface area contributed by atoms with Gasteiger partial charge in [-0.2, -0.15) is 0 Å². The first kappa shape index (κ1) is 23.4. The second-order valence-electron chi connectivity index (χ2n) is 8.28. The van der Waals surface area contributed by atoms with Gasteiger partial charge in [0.25, 0.3) is 0 Å². The van der Waals surface area contributed by atoms with Gasteiger partial charge in [-0.05, 0) is 40.8 Å². The van der Waals surface area contributed by atoms with Crippen LogP contribution < -0.4 is 0 Å². The third-order valence-electron chi connectivity index (χ3n) is 6.07. The van der Waals surface area contributed by atoms with Crippen LogP contribution in [-0.4, -0.2) is 54.3 Å². The summed E-state index contributed by atoms with van der Waals surface area (Å²) in [4.78, 5) is 11.1. The van der Waals surface area contributed by atoms with E-state index in [1.165, 1.54) is 15.1 Å². The highest BCUT2D eigenvalue weighted by Gasteiger charge is 2.33. The molecular weight excluding hydrogens is 440 g/mol. The SMILES string of the molecule is O=CN(O)C(CS(=O)(=O)N1CCC(OCc2ccc3ccccc3c2)CC1)c1ccccc1. The zero-order valence-electron chi connectivity index (χ0n) is 18.3. The Labute approximate surface area is 194 Å². The van der Waals surface area contributed by atoms with E-state index in [1.54, 1.807) is 30.3 Å². The quantitative estimate of drug-likeness (QED) is 0.294. The van der Waals surface area contributed by atoms with E-state index in [2.05, 4.69) is 30.3 Å². The Balaban J connectivity index is 1.33. The molecule has 1 atom stereocenters. The van der Waals surface area contributed by atoms with Gasteiger partial charge in [0.15, 0.2) is 0 Å². The lowest BCUT2D eigenvalue weighted by molar-refractivity contribution is -0.159. The third-order valence-corrected chi connectivity index (χ3v) is 7.96. The second-order valence-corrected chi connectivity index (χ2v) is 10.3. The van der Waals surface area contributed by atoms with Gasteiger partial charge in [-0.15, -0.1) is 0 Å². The van der Waals surface area contributed by atoms with E-state index in [0.717, 1.165) is 5.56 Å². The van der Waals surface area contributed by atoms with Crippen LogP contribution in [0.1, 0.15) is 30.0 Å². The molecule has 7 nitrogen and oxygen atoms in total. The summed E-state index contributed by atoms with van der Waals surface area (Å²) in [5, 5.41) is 12.8. The molecule has 4 rings (SSSR count). The number of piperidine rings is 1. The van der Waals surface area contributed by atoms with E-state index in [1.807, 2.05) is 12.1 Å². The van der Waals surface area contributed by atoms with Crippen LogP contribution >= 0.6 is 0 Å². The van der Waals surface area contributed by atoms with Crippen LogP contribution in [-0.2, 0) is 26.2 Å². The van der Waals surface area contributed by atoms with Crippen molar-refractivity contribution in [3.63, 3.8) is 0 Å². The zero-order valence-corrected chi connectivity index (χ0v) is 19.1. The first-order valence-corrected chi connectivity index (χ1v) is 12.6. The van der Waals surface area contributed by atoms with Crippen molar-refractivity contribution in [1.29, 1.82) is 0 Å². The number of sulfonamides is 1. The highest BCUT2D eigenvalue weighted by atomic mass is 32.2. The molecule has 0 aromatic heterocycles. The molecule has 0 bridgehead atoms. The van der Waals surface area contributed by atoms with Gasteiger partial charge >= 0.3 is 0 Å². The van der Waals surface area contributed by atoms with Crippen molar-refractivity contribution in [1.82, 2.24) is 9.37 Å². The van der Waals surface area contributed by atoms with Gasteiger partial charge in [0.05, 0.1) is 24.5 Å². The molecule has 3 aromatic rings. The number of carbonyl (C=O) groups excluding carboxylic acids is 1. The first-order chi connectivity index (χ1) is 16.0. The molecule has 1 saturated heterocycles. The molecule has 1 fully saturated rings. The summed E-state index contributed by atoms with van der Waals surface area (Å²) in [7, 11) is -3.68. The van der Waals surface area contributed by atoms with Crippen LogP contribution in [0.25, 0.3) is 10.8 Å². The minimum Gasteiger partial charge on any atom is -0.373 e. The van der Waals surface area contributed by atoms with Crippen LogP contribution in [0, 0.1) is 0 Å². The highest BCUT2D eigenvalue weighted by molar-refractivity contribution is 7.89. The Kier molecular flexibility index (Phi) is 7.39. The Morgan fingerprint density at radius 2 is 1.67 bits per heavy atom. The summed E-state index contributed by atoms with van der Waals surface area (Å²) in [6, 6.07) is 22.1. The van der Waals surface area contributed by atoms with Gasteiger partial charge in [-0.25, -0.2) is 17.8 Å². The molecule has 1 unspecified atom stereocenters. The molecule has 33 heavy (non-hydrogen) atoms. The van der Waals surface area contributed by atoms with Crippen molar-refractivity contribution in [2.24, 2.45) is 0 Å². The molecule has 1 amide bonds. The van der Waals surface area contributed by atoms with E-state index in [0.29, 0.717) is 43.2 Å². The van der Waals surface area contributed by atoms with E-state index in [4.69, 9.17) is 4.74 Å². The summed E-state index contributed by atoms with van der Waals surface area (Å²) >= 11 is 0. The highest BCUT2D eigenvalue weighted by Crippen LogP contribution is 2.25. The number of hydrogen-bond donors (Lipinski definition) is 1. The fraction of sp³-hybridized carbons (Fsp3) is 0.320. The molecule has 1 aliphatic rings. The number of rotatable bonds is 9. The molecule has 0 saturated carbocycles. The van der Waals surface area contributed by atoms with Crippen molar-refractivity contribution in [3.05, 3.63) is 83.9 Å². The molecule has 1 N–H and O–H groups in total. The van der Waals surface area contributed by atoms with Crippen LogP contribution in [0.2, 0.25) is 0 Å². The molecule has 174 valence electrons. The number of amides is 1. The Bertz CT molecular complexity index is 1180. The van der Waals surface area contributed by atoms with E-state index in [9.17, 15) is 18.4 Å². The zero-order chi connectivity index (χ0) is 23.3. The number of carbonyl (C=O) groups is 1. The normalized spacial score (nSPS) is 16.5. The molecule has 1 aliphatic heterocycles. The van der Waals surface area contributed by atoms with Crippen LogP contribution in [0.5, 0.6) is 0 Å². The van der Waals surface area contributed by atoms with Crippen LogP contribution in [0.3, 0.4) is 0 Å². The predicted molar refractivity (Wildman–Crippen MR) is 126 cm³/mol. The number of ether oxygens (including phenoxy) is 1. The molecular formula is C25H28N2O5S. The maximum atomic E-state index is 13.0. The largest absolute Gasteiger partial charge is 0.373 e. The average Bonchev–Trinajstić information content (AvgIpc) is 2.86. The fourth-order valence-corrected chi connectivity index (χ4v) is 5.92. The van der Waals surface area contributed by atoms with Gasteiger partial charge in [-0.1, -0.05) is 66.7 Å². The van der Waals surface area contributed by atoms with Gasteiger partial charge in [-0.3, -0.25) is 10.0 Å². The molecule has 0 radical (unpaired) electrons. The van der Waals surface area contributed by atoms with Gasteiger partial charge < -0.3 is 4.74 Å². The van der Waals surface area contributed by atoms with E-state index >= 15 is 0 Å². The van der Waals surface area contributed by atoms with Crippen LogP contribution in [0.15, 0.2) is 72.8 Å². The Morgan fingerprint density at radius 1 is 1.00 bits per heavy atom. The number of benzene rings is 3. The molecule has 0 aliphatic carbocycles. The summed E-state index contributed by atoms with van der Waals surface area (Å²) in [5.41, 5.74) is 1.65. The molecule has 8 heteroatoms. The maximum Gasteiger partial charge on any atom is 0.233 e. The van der Waals surface area contributed by atoms with Crippen LogP contribution in [0.4, 0.5) is 0 Å². The lowest BCUT2D eigenvalue weighted by atomic mass is 10.1. The third kappa shape index (κ3) is 5.78. The lowest BCUT2D eigenvalue weighted by Gasteiger charge is -2.33. The summed E-state index contributed by atoms with van der Waals surface area (Å²) in [5.74, 6) is -0.380. The maximum absolute atomic E-state index is 13.0. The summed E-state index contributed by atoms with van der Waals surface area (Å²) in [6.45, 7) is 1.18. The van der Waals surface area contributed by atoms with Crippen molar-refractivity contribution in [2.75, 3.05) is 18.8 Å². The number of hydroxylamine groups is 2. The van der Waals surface area contributed by atoms with E-state index in [-0.39, 0.29) is 18.3 Å². The summed E-state index contributed by atoms with van der Waals surface area (Å²) < 4.78 is 33.6. The molecule has 3 aromatic carbocycles. The van der Waals surface area contributed by atoms with Gasteiger partial charge in [0.2, 0.25) is 16.4 Å². The predicted octanol–water partition coefficient (Wildman–Crippen LogP) is 3.74. The Hall–Kier alpha value is -2.78. The minimum absolute atomic E-state index is 0.0165. The Morgan fingerprint density at radius 3 is 2.36 bits per heavy atom. The van der Waals surface area contributed by atoms with E-state index < -0.39 is 16.1 Å². The van der Waals surface area contributed by atoms with Gasteiger partial charge in [0.1, 0.15) is 0 Å². The fourth-order valence-electron chi connectivity index (χ4n) is 4.20. The second kappa shape index (κ2) is 10.4. The first-order valence-electron chi connectivity index (χ1n) is 11.0. The average molecular weight is 469 g/mol.